The van der Waals surface area contributed by atoms with Crippen LogP contribution in [0.5, 0.6) is 0 Å². The fourth-order valence-electron chi connectivity index (χ4n) is 3.30. The summed E-state index contributed by atoms with van der Waals surface area (Å²) < 4.78 is 1.75. The number of nitrogens with zero attached hydrogens (tertiary/aromatic N) is 3. The number of fused-ring (bicyclic) bond motifs is 1. The Balaban J connectivity index is 1.76. The number of allylic oxidation sites excluding steroid dienone is 1. The fraction of sp³-hybridized carbons (Fsp3) is 0.227. The van der Waals surface area contributed by atoms with E-state index in [2.05, 4.69) is 58.0 Å². The van der Waals surface area contributed by atoms with Gasteiger partial charge < -0.3 is 5.32 Å². The molecule has 1 aliphatic heterocycles. The highest BCUT2D eigenvalue weighted by Crippen LogP contribution is 2.35. The molecule has 6 nitrogen and oxygen atoms in total. The minimum atomic E-state index is -0.249. The van der Waals surface area contributed by atoms with Gasteiger partial charge in [-0.15, -0.1) is 5.10 Å². The van der Waals surface area contributed by atoms with Crippen LogP contribution in [0.3, 0.4) is 0 Å². The standard InChI is InChI=1S/C22H22ClN5O/c1-3-6-20(29)25-21-26-22-24-18(15-11-9-14(2)10-12-15)13-19(28(22)27-21)16-7-4-5-8-17(16)23/h4-5,7-13,19H,3,6H2,1-2H3,(H2,24,25,26,27,29)/t19-/m1/s1. The molecule has 0 fully saturated rings. The van der Waals surface area contributed by atoms with Gasteiger partial charge in [0.25, 0.3) is 5.95 Å². The first-order chi connectivity index (χ1) is 14.0. The molecular weight excluding hydrogens is 386 g/mol. The number of amides is 1. The van der Waals surface area contributed by atoms with E-state index in [0.29, 0.717) is 17.4 Å². The van der Waals surface area contributed by atoms with E-state index >= 15 is 0 Å². The molecule has 2 heterocycles. The van der Waals surface area contributed by atoms with E-state index in [-0.39, 0.29) is 17.9 Å². The van der Waals surface area contributed by atoms with Crippen LogP contribution < -0.4 is 10.6 Å². The first kappa shape index (κ1) is 19.2. The van der Waals surface area contributed by atoms with Crippen LogP contribution >= 0.6 is 11.6 Å². The van der Waals surface area contributed by atoms with Crippen LogP contribution in [0, 0.1) is 6.92 Å². The van der Waals surface area contributed by atoms with Gasteiger partial charge in [0.05, 0.1) is 0 Å². The third kappa shape index (κ3) is 4.03. The summed E-state index contributed by atoms with van der Waals surface area (Å²) in [5.41, 5.74) is 4.06. The van der Waals surface area contributed by atoms with Crippen molar-refractivity contribution in [1.82, 2.24) is 14.8 Å². The van der Waals surface area contributed by atoms with E-state index in [1.807, 2.05) is 31.2 Å². The van der Waals surface area contributed by atoms with Crippen LogP contribution in [-0.4, -0.2) is 20.7 Å². The predicted octanol–water partition coefficient (Wildman–Crippen LogP) is 5.03. The number of anilines is 2. The summed E-state index contributed by atoms with van der Waals surface area (Å²) in [5.74, 6) is 0.734. The molecule has 1 amide bonds. The zero-order valence-corrected chi connectivity index (χ0v) is 17.1. The van der Waals surface area contributed by atoms with Crippen molar-refractivity contribution in [1.29, 1.82) is 0 Å². The Bertz CT molecular complexity index is 1070. The lowest BCUT2D eigenvalue weighted by Gasteiger charge is -2.25. The number of aromatic nitrogens is 3. The van der Waals surface area contributed by atoms with Crippen LogP contribution in [0.15, 0.2) is 54.6 Å². The van der Waals surface area contributed by atoms with Gasteiger partial charge in [-0.25, -0.2) is 4.68 Å². The van der Waals surface area contributed by atoms with Crippen LogP contribution in [0.4, 0.5) is 11.9 Å². The number of rotatable bonds is 5. The lowest BCUT2D eigenvalue weighted by atomic mass is 10.0. The fourth-order valence-corrected chi connectivity index (χ4v) is 3.55. The number of benzene rings is 2. The summed E-state index contributed by atoms with van der Waals surface area (Å²) >= 11 is 6.49. The first-order valence-corrected chi connectivity index (χ1v) is 9.99. The second-order valence-corrected chi connectivity index (χ2v) is 7.45. The number of aryl methyl sites for hydroxylation is 1. The zero-order chi connectivity index (χ0) is 20.4. The molecule has 2 N–H and O–H groups in total. The maximum Gasteiger partial charge on any atom is 0.250 e. The molecule has 1 aliphatic rings. The smallest absolute Gasteiger partial charge is 0.250 e. The van der Waals surface area contributed by atoms with Crippen molar-refractivity contribution >= 4 is 35.1 Å². The Morgan fingerprint density at radius 2 is 1.97 bits per heavy atom. The molecule has 0 radical (unpaired) electrons. The van der Waals surface area contributed by atoms with Gasteiger partial charge >= 0.3 is 0 Å². The van der Waals surface area contributed by atoms with Crippen LogP contribution in [0.25, 0.3) is 5.70 Å². The normalized spacial score (nSPS) is 15.3. The van der Waals surface area contributed by atoms with E-state index in [1.165, 1.54) is 5.56 Å². The molecule has 29 heavy (non-hydrogen) atoms. The summed E-state index contributed by atoms with van der Waals surface area (Å²) in [7, 11) is 0. The highest BCUT2D eigenvalue weighted by molar-refractivity contribution is 6.31. The first-order valence-electron chi connectivity index (χ1n) is 9.62. The average Bonchev–Trinajstić information content (AvgIpc) is 3.10. The average molecular weight is 408 g/mol. The third-order valence-electron chi connectivity index (χ3n) is 4.78. The number of carbonyl (C=O) groups excluding carboxylic acids is 1. The topological polar surface area (TPSA) is 71.8 Å². The van der Waals surface area contributed by atoms with Crippen molar-refractivity contribution in [2.24, 2.45) is 0 Å². The van der Waals surface area contributed by atoms with Crippen molar-refractivity contribution in [3.63, 3.8) is 0 Å². The van der Waals surface area contributed by atoms with Gasteiger partial charge in [-0.2, -0.15) is 4.98 Å². The Labute approximate surface area is 174 Å². The molecule has 3 aromatic rings. The van der Waals surface area contributed by atoms with Crippen molar-refractivity contribution in [3.05, 3.63) is 76.3 Å². The van der Waals surface area contributed by atoms with Crippen LogP contribution in [0.1, 0.15) is 42.5 Å². The molecule has 0 saturated carbocycles. The quantitative estimate of drug-likeness (QED) is 0.621. The lowest BCUT2D eigenvalue weighted by Crippen LogP contribution is -2.20. The maximum atomic E-state index is 12.0. The maximum absolute atomic E-state index is 12.0. The Hall–Kier alpha value is -3.12. The number of carbonyl (C=O) groups is 1. The summed E-state index contributed by atoms with van der Waals surface area (Å²) in [6.07, 6.45) is 3.27. The molecule has 0 spiro atoms. The highest BCUT2D eigenvalue weighted by atomic mass is 35.5. The van der Waals surface area contributed by atoms with E-state index in [0.717, 1.165) is 23.2 Å². The zero-order valence-electron chi connectivity index (χ0n) is 16.3. The van der Waals surface area contributed by atoms with Gasteiger partial charge in [0.1, 0.15) is 6.04 Å². The number of nitrogens with one attached hydrogen (secondary N) is 2. The molecule has 1 atom stereocenters. The molecule has 0 unspecified atom stereocenters. The number of halogens is 1. The van der Waals surface area contributed by atoms with E-state index in [9.17, 15) is 4.79 Å². The van der Waals surface area contributed by atoms with E-state index in [1.54, 1.807) is 4.68 Å². The second kappa shape index (κ2) is 8.09. The van der Waals surface area contributed by atoms with Crippen molar-refractivity contribution < 1.29 is 4.79 Å². The number of hydrogen-bond acceptors (Lipinski definition) is 4. The molecule has 1 aromatic heterocycles. The monoisotopic (exact) mass is 407 g/mol. The minimum absolute atomic E-state index is 0.101. The van der Waals surface area contributed by atoms with Gasteiger partial charge in [0, 0.05) is 17.1 Å². The van der Waals surface area contributed by atoms with Crippen molar-refractivity contribution in [3.8, 4) is 0 Å². The third-order valence-corrected chi connectivity index (χ3v) is 5.12. The highest BCUT2D eigenvalue weighted by Gasteiger charge is 2.27. The molecular formula is C22H22ClN5O. The van der Waals surface area contributed by atoms with Gasteiger partial charge in [-0.3, -0.25) is 10.1 Å². The SMILES string of the molecule is CCCC(=O)Nc1nc2n(n1)[C@@H](c1ccccc1Cl)C=C(c1ccc(C)cc1)N2. The Kier molecular flexibility index (Phi) is 5.36. The molecule has 0 bridgehead atoms. The summed E-state index contributed by atoms with van der Waals surface area (Å²) in [6.45, 7) is 4.01. The van der Waals surface area contributed by atoms with E-state index < -0.39 is 0 Å². The van der Waals surface area contributed by atoms with Crippen molar-refractivity contribution in [2.45, 2.75) is 32.7 Å². The molecule has 2 aromatic carbocycles. The lowest BCUT2D eigenvalue weighted by molar-refractivity contribution is -0.116. The van der Waals surface area contributed by atoms with Gasteiger partial charge in [0.15, 0.2) is 0 Å². The van der Waals surface area contributed by atoms with Gasteiger partial charge in [0.2, 0.25) is 11.9 Å². The van der Waals surface area contributed by atoms with Gasteiger partial charge in [-0.05, 0) is 36.6 Å². The summed E-state index contributed by atoms with van der Waals surface area (Å²) in [5, 5.41) is 11.3. The largest absolute Gasteiger partial charge is 0.324 e. The number of hydrogen-bond donors (Lipinski definition) is 2. The van der Waals surface area contributed by atoms with Crippen LogP contribution in [0.2, 0.25) is 5.02 Å². The molecule has 0 aliphatic carbocycles. The molecule has 148 valence electrons. The second-order valence-electron chi connectivity index (χ2n) is 7.04. The van der Waals surface area contributed by atoms with E-state index in [4.69, 9.17) is 11.6 Å². The van der Waals surface area contributed by atoms with Crippen molar-refractivity contribution in [2.75, 3.05) is 10.6 Å². The Morgan fingerprint density at radius 1 is 1.21 bits per heavy atom. The van der Waals surface area contributed by atoms with Gasteiger partial charge in [-0.1, -0.05) is 66.6 Å². The summed E-state index contributed by atoms with van der Waals surface area (Å²) in [4.78, 5) is 16.5. The molecule has 7 heteroatoms. The Morgan fingerprint density at radius 3 is 2.69 bits per heavy atom. The molecule has 4 rings (SSSR count). The van der Waals surface area contributed by atoms with Crippen LogP contribution in [-0.2, 0) is 4.79 Å². The minimum Gasteiger partial charge on any atom is -0.324 e. The predicted molar refractivity (Wildman–Crippen MR) is 116 cm³/mol. The summed E-state index contributed by atoms with van der Waals surface area (Å²) in [6, 6.07) is 15.7. The molecule has 0 saturated heterocycles.